The lowest BCUT2D eigenvalue weighted by atomic mass is 10.1. The van der Waals surface area contributed by atoms with Crippen LogP contribution in [-0.2, 0) is 4.74 Å². The van der Waals surface area contributed by atoms with Crippen molar-refractivity contribution in [3.8, 4) is 0 Å². The fraction of sp³-hybridized carbons (Fsp3) is 0.429. The number of halogens is 2. The molecule has 0 saturated carbocycles. The van der Waals surface area contributed by atoms with Gasteiger partial charge in [0.15, 0.2) is 17.4 Å². The monoisotopic (exact) mass is 298 g/mol. The Labute approximate surface area is 120 Å². The van der Waals surface area contributed by atoms with E-state index in [1.54, 1.807) is 0 Å². The number of rotatable bonds is 4. The van der Waals surface area contributed by atoms with E-state index in [9.17, 15) is 18.4 Å². The number of ether oxygens (including phenoxy) is 1. The van der Waals surface area contributed by atoms with E-state index >= 15 is 0 Å². The number of nitrogens with one attached hydrogen (secondary N) is 1. The quantitative estimate of drug-likeness (QED) is 0.857. The fourth-order valence-corrected chi connectivity index (χ4v) is 2.28. The van der Waals surface area contributed by atoms with E-state index in [2.05, 4.69) is 10.1 Å². The summed E-state index contributed by atoms with van der Waals surface area (Å²) in [5, 5.41) is 2.66. The van der Waals surface area contributed by atoms with Crippen molar-refractivity contribution in [2.75, 3.05) is 26.7 Å². The molecule has 114 valence electrons. The molecule has 2 rings (SSSR count). The second kappa shape index (κ2) is 6.62. The van der Waals surface area contributed by atoms with Gasteiger partial charge in [-0.25, -0.2) is 13.6 Å². The molecular weight excluding hydrogens is 282 g/mol. The number of ketones is 1. The Hall–Kier alpha value is -2.02. The first kappa shape index (κ1) is 15.4. The molecule has 7 heteroatoms. The fourth-order valence-electron chi connectivity index (χ4n) is 2.28. The third kappa shape index (κ3) is 3.98. The number of nitrogens with zero attached hydrogens (tertiary/aromatic N) is 1. The molecule has 1 aromatic rings. The number of Topliss-reactive ketones (excluding diaryl/α,β-unsaturated/α-hetero) is 1. The number of alkyl carbamates (subject to hydrolysis) is 1. The van der Waals surface area contributed by atoms with Gasteiger partial charge in [0.05, 0.1) is 13.7 Å². The molecular formula is C14H16F2N2O3. The first-order valence-electron chi connectivity index (χ1n) is 6.54. The summed E-state index contributed by atoms with van der Waals surface area (Å²) < 4.78 is 30.4. The maximum Gasteiger partial charge on any atom is 0.407 e. The topological polar surface area (TPSA) is 58.6 Å². The summed E-state index contributed by atoms with van der Waals surface area (Å²) in [7, 11) is 1.29. The molecule has 0 bridgehead atoms. The maximum absolute atomic E-state index is 13.1. The number of amides is 1. The van der Waals surface area contributed by atoms with Gasteiger partial charge in [-0.05, 0) is 24.6 Å². The Morgan fingerprint density at radius 2 is 2.14 bits per heavy atom. The van der Waals surface area contributed by atoms with Crippen LogP contribution < -0.4 is 5.32 Å². The summed E-state index contributed by atoms with van der Waals surface area (Å²) in [6.07, 6.45) is 0.203. The molecule has 0 aliphatic carbocycles. The number of carbonyl (C=O) groups is 2. The first-order valence-corrected chi connectivity index (χ1v) is 6.54. The van der Waals surface area contributed by atoms with E-state index < -0.39 is 17.7 Å². The zero-order valence-electron chi connectivity index (χ0n) is 11.6. The zero-order valence-corrected chi connectivity index (χ0v) is 11.6. The predicted octanol–water partition coefficient (Wildman–Crippen LogP) is 1.58. The van der Waals surface area contributed by atoms with E-state index in [-0.39, 0.29) is 23.9 Å². The molecule has 0 aromatic heterocycles. The third-order valence-electron chi connectivity index (χ3n) is 3.39. The van der Waals surface area contributed by atoms with Crippen LogP contribution in [-0.4, -0.2) is 49.6 Å². The average molecular weight is 298 g/mol. The molecule has 1 aliphatic rings. The van der Waals surface area contributed by atoms with Crippen LogP contribution in [0.1, 0.15) is 16.8 Å². The number of hydrogen-bond acceptors (Lipinski definition) is 4. The summed E-state index contributed by atoms with van der Waals surface area (Å²) in [5.41, 5.74) is 0.137. The van der Waals surface area contributed by atoms with Crippen molar-refractivity contribution in [1.29, 1.82) is 0 Å². The Kier molecular flexibility index (Phi) is 4.85. The van der Waals surface area contributed by atoms with Gasteiger partial charge in [-0.15, -0.1) is 0 Å². The summed E-state index contributed by atoms with van der Waals surface area (Å²) in [6, 6.07) is 3.03. The number of likely N-dealkylation sites (tertiary alicyclic amines) is 1. The van der Waals surface area contributed by atoms with Crippen LogP contribution in [0.15, 0.2) is 18.2 Å². The summed E-state index contributed by atoms with van der Waals surface area (Å²) in [4.78, 5) is 24.9. The Balaban J connectivity index is 1.89. The second-order valence-corrected chi connectivity index (χ2v) is 4.91. The van der Waals surface area contributed by atoms with Crippen molar-refractivity contribution < 1.29 is 23.1 Å². The Morgan fingerprint density at radius 1 is 1.38 bits per heavy atom. The van der Waals surface area contributed by atoms with E-state index in [1.165, 1.54) is 13.2 Å². The van der Waals surface area contributed by atoms with Crippen molar-refractivity contribution in [2.24, 2.45) is 0 Å². The highest BCUT2D eigenvalue weighted by Gasteiger charge is 2.25. The predicted molar refractivity (Wildman–Crippen MR) is 71.1 cm³/mol. The van der Waals surface area contributed by atoms with Crippen LogP contribution in [0.25, 0.3) is 0 Å². The van der Waals surface area contributed by atoms with Gasteiger partial charge >= 0.3 is 6.09 Å². The SMILES string of the molecule is COC(=O)NC1CCN(CC(=O)c2ccc(F)c(F)c2)C1. The smallest absolute Gasteiger partial charge is 0.407 e. The minimum atomic E-state index is -1.03. The summed E-state index contributed by atoms with van der Waals surface area (Å²) in [6.45, 7) is 1.26. The van der Waals surface area contributed by atoms with Gasteiger partial charge in [-0.1, -0.05) is 0 Å². The van der Waals surface area contributed by atoms with Gasteiger partial charge in [0.1, 0.15) is 0 Å². The van der Waals surface area contributed by atoms with Crippen LogP contribution in [0.3, 0.4) is 0 Å². The van der Waals surface area contributed by atoms with E-state index in [1.807, 2.05) is 4.90 Å². The molecule has 1 N–H and O–H groups in total. The molecule has 1 unspecified atom stereocenters. The largest absolute Gasteiger partial charge is 0.453 e. The molecule has 0 radical (unpaired) electrons. The standard InChI is InChI=1S/C14H16F2N2O3/c1-21-14(20)17-10-4-5-18(7-10)8-13(19)9-2-3-11(15)12(16)6-9/h2-3,6,10H,4-5,7-8H2,1H3,(H,17,20). The van der Waals surface area contributed by atoms with E-state index in [0.717, 1.165) is 12.1 Å². The highest BCUT2D eigenvalue weighted by atomic mass is 19.2. The molecule has 1 heterocycles. The minimum Gasteiger partial charge on any atom is -0.453 e. The lowest BCUT2D eigenvalue weighted by Crippen LogP contribution is -2.38. The number of benzene rings is 1. The number of hydrogen-bond donors (Lipinski definition) is 1. The van der Waals surface area contributed by atoms with E-state index in [4.69, 9.17) is 0 Å². The molecule has 1 atom stereocenters. The minimum absolute atomic E-state index is 0.0739. The lowest BCUT2D eigenvalue weighted by molar-refractivity contribution is 0.0943. The normalized spacial score (nSPS) is 18.5. The lowest BCUT2D eigenvalue weighted by Gasteiger charge is -2.15. The van der Waals surface area contributed by atoms with Crippen LogP contribution in [0.2, 0.25) is 0 Å². The van der Waals surface area contributed by atoms with Crippen molar-refractivity contribution in [2.45, 2.75) is 12.5 Å². The second-order valence-electron chi connectivity index (χ2n) is 4.91. The molecule has 21 heavy (non-hydrogen) atoms. The van der Waals surface area contributed by atoms with Gasteiger partial charge in [0.25, 0.3) is 0 Å². The molecule has 1 aromatic carbocycles. The van der Waals surface area contributed by atoms with Crippen molar-refractivity contribution in [3.63, 3.8) is 0 Å². The van der Waals surface area contributed by atoms with Crippen molar-refractivity contribution >= 4 is 11.9 Å². The van der Waals surface area contributed by atoms with Gasteiger partial charge in [0.2, 0.25) is 0 Å². The highest BCUT2D eigenvalue weighted by Crippen LogP contribution is 2.13. The molecule has 1 saturated heterocycles. The molecule has 0 spiro atoms. The third-order valence-corrected chi connectivity index (χ3v) is 3.39. The van der Waals surface area contributed by atoms with Gasteiger partial charge < -0.3 is 10.1 Å². The molecule has 1 fully saturated rings. The zero-order chi connectivity index (χ0) is 15.4. The van der Waals surface area contributed by atoms with Crippen LogP contribution in [0.4, 0.5) is 13.6 Å². The number of carbonyl (C=O) groups excluding carboxylic acids is 2. The van der Waals surface area contributed by atoms with Crippen molar-refractivity contribution in [1.82, 2.24) is 10.2 Å². The Morgan fingerprint density at radius 3 is 2.81 bits per heavy atom. The van der Waals surface area contributed by atoms with Crippen LogP contribution >= 0.6 is 0 Å². The highest BCUT2D eigenvalue weighted by molar-refractivity contribution is 5.97. The van der Waals surface area contributed by atoms with Crippen molar-refractivity contribution in [3.05, 3.63) is 35.4 Å². The van der Waals surface area contributed by atoms with Crippen LogP contribution in [0.5, 0.6) is 0 Å². The summed E-state index contributed by atoms with van der Waals surface area (Å²) >= 11 is 0. The van der Waals surface area contributed by atoms with Gasteiger partial charge in [-0.2, -0.15) is 0 Å². The Bertz CT molecular complexity index is 551. The molecule has 1 aliphatic heterocycles. The molecule has 5 nitrogen and oxygen atoms in total. The average Bonchev–Trinajstić information content (AvgIpc) is 2.88. The van der Waals surface area contributed by atoms with Gasteiger partial charge in [0, 0.05) is 24.7 Å². The molecule has 1 amide bonds. The van der Waals surface area contributed by atoms with Gasteiger partial charge in [-0.3, -0.25) is 9.69 Å². The summed E-state index contributed by atoms with van der Waals surface area (Å²) in [5.74, 6) is -2.30. The number of methoxy groups -OCH3 is 1. The first-order chi connectivity index (χ1) is 9.99. The van der Waals surface area contributed by atoms with E-state index in [0.29, 0.717) is 19.5 Å². The van der Waals surface area contributed by atoms with Crippen LogP contribution in [0, 0.1) is 11.6 Å². The maximum atomic E-state index is 13.1.